The first-order valence-corrected chi connectivity index (χ1v) is 5.91. The highest BCUT2D eigenvalue weighted by Crippen LogP contribution is 2.22. The van der Waals surface area contributed by atoms with Gasteiger partial charge in [0.25, 0.3) is 0 Å². The molecule has 106 valence electrons. The Morgan fingerprint density at radius 2 is 1.84 bits per heavy atom. The molecule has 0 heterocycles. The summed E-state index contributed by atoms with van der Waals surface area (Å²) in [7, 11) is 0. The van der Waals surface area contributed by atoms with Crippen LogP contribution in [0.1, 0.15) is 18.4 Å². The van der Waals surface area contributed by atoms with Gasteiger partial charge in [-0.1, -0.05) is 30.3 Å². The second-order valence-electron chi connectivity index (χ2n) is 4.14. The molecule has 1 amide bonds. The summed E-state index contributed by atoms with van der Waals surface area (Å²) in [4.78, 5) is 12.9. The average molecular weight is 275 g/mol. The van der Waals surface area contributed by atoms with E-state index in [1.165, 1.54) is 4.90 Å². The van der Waals surface area contributed by atoms with Gasteiger partial charge in [0.2, 0.25) is 5.91 Å². The van der Waals surface area contributed by atoms with E-state index in [4.69, 9.17) is 5.11 Å². The first-order valence-electron chi connectivity index (χ1n) is 5.91. The molecule has 0 saturated heterocycles. The normalized spacial score (nSPS) is 11.4. The van der Waals surface area contributed by atoms with Crippen molar-refractivity contribution in [3.63, 3.8) is 0 Å². The van der Waals surface area contributed by atoms with E-state index in [1.807, 2.05) is 6.07 Å². The first kappa shape index (κ1) is 15.5. The van der Waals surface area contributed by atoms with E-state index in [2.05, 4.69) is 0 Å². The van der Waals surface area contributed by atoms with Crippen molar-refractivity contribution in [2.45, 2.75) is 25.6 Å². The highest BCUT2D eigenvalue weighted by Gasteiger charge is 2.29. The van der Waals surface area contributed by atoms with Crippen LogP contribution in [0.2, 0.25) is 0 Å². The van der Waals surface area contributed by atoms with Gasteiger partial charge in [-0.25, -0.2) is 0 Å². The third-order valence-corrected chi connectivity index (χ3v) is 2.56. The van der Waals surface area contributed by atoms with Crippen molar-refractivity contribution >= 4 is 5.91 Å². The van der Waals surface area contributed by atoms with E-state index in [1.54, 1.807) is 24.3 Å². The van der Waals surface area contributed by atoms with Gasteiger partial charge in [0.1, 0.15) is 0 Å². The number of rotatable bonds is 6. The van der Waals surface area contributed by atoms with Crippen molar-refractivity contribution in [1.29, 1.82) is 0 Å². The van der Waals surface area contributed by atoms with E-state index >= 15 is 0 Å². The number of alkyl halides is 3. The lowest BCUT2D eigenvalue weighted by molar-refractivity contribution is -0.149. The first-order chi connectivity index (χ1) is 8.92. The van der Waals surface area contributed by atoms with Gasteiger partial charge in [0.05, 0.1) is 13.0 Å². The molecule has 0 aliphatic carbocycles. The van der Waals surface area contributed by atoms with Crippen LogP contribution in [0.5, 0.6) is 0 Å². The highest BCUT2D eigenvalue weighted by molar-refractivity contribution is 5.76. The third kappa shape index (κ3) is 6.24. The fraction of sp³-hybridized carbons (Fsp3) is 0.462. The molecule has 0 atom stereocenters. The summed E-state index contributed by atoms with van der Waals surface area (Å²) < 4.78 is 36.2. The van der Waals surface area contributed by atoms with Crippen LogP contribution in [0.4, 0.5) is 13.2 Å². The molecule has 0 spiro atoms. The minimum Gasteiger partial charge on any atom is -0.395 e. The van der Waals surface area contributed by atoms with Crippen LogP contribution in [-0.4, -0.2) is 35.2 Å². The van der Waals surface area contributed by atoms with Crippen molar-refractivity contribution in [3.05, 3.63) is 35.9 Å². The molecule has 1 rings (SSSR count). The summed E-state index contributed by atoms with van der Waals surface area (Å²) in [6.45, 7) is -0.0335. The van der Waals surface area contributed by atoms with Gasteiger partial charge in [-0.3, -0.25) is 4.79 Å². The topological polar surface area (TPSA) is 40.5 Å². The Bertz CT molecular complexity index is 393. The monoisotopic (exact) mass is 275 g/mol. The maximum atomic E-state index is 12.1. The van der Waals surface area contributed by atoms with Crippen molar-refractivity contribution in [2.24, 2.45) is 0 Å². The van der Waals surface area contributed by atoms with Crippen LogP contribution >= 0.6 is 0 Å². The number of carbonyl (C=O) groups is 1. The molecule has 0 aliphatic heterocycles. The van der Waals surface area contributed by atoms with E-state index in [9.17, 15) is 18.0 Å². The number of carbonyl (C=O) groups excluding carboxylic acids is 1. The predicted molar refractivity (Wildman–Crippen MR) is 64.2 cm³/mol. The lowest BCUT2D eigenvalue weighted by Gasteiger charge is -2.22. The molecule has 0 aromatic heterocycles. The molecule has 0 bridgehead atoms. The fourth-order valence-electron chi connectivity index (χ4n) is 1.62. The van der Waals surface area contributed by atoms with Gasteiger partial charge in [0, 0.05) is 19.5 Å². The Morgan fingerprint density at radius 1 is 1.21 bits per heavy atom. The second kappa shape index (κ2) is 7.13. The van der Waals surface area contributed by atoms with Gasteiger partial charge in [0.15, 0.2) is 0 Å². The molecule has 1 aromatic carbocycles. The Hall–Kier alpha value is -1.56. The molecule has 19 heavy (non-hydrogen) atoms. The van der Waals surface area contributed by atoms with E-state index in [0.29, 0.717) is 0 Å². The van der Waals surface area contributed by atoms with Crippen LogP contribution in [0, 0.1) is 0 Å². The number of hydrogen-bond acceptors (Lipinski definition) is 2. The van der Waals surface area contributed by atoms with E-state index in [0.717, 1.165) is 5.56 Å². The summed E-state index contributed by atoms with van der Waals surface area (Å²) in [5, 5.41) is 8.88. The molecule has 0 aliphatic rings. The standard InChI is InChI=1S/C13H16F3NO2/c14-13(15,16)7-6-12(19)17(8-9-18)10-11-4-2-1-3-5-11/h1-5,18H,6-10H2. The van der Waals surface area contributed by atoms with E-state index < -0.39 is 24.9 Å². The Labute approximate surface area is 109 Å². The van der Waals surface area contributed by atoms with Gasteiger partial charge in [-0.15, -0.1) is 0 Å². The molecule has 0 unspecified atom stereocenters. The van der Waals surface area contributed by atoms with Crippen LogP contribution in [0.3, 0.4) is 0 Å². The Morgan fingerprint density at radius 3 is 2.37 bits per heavy atom. The summed E-state index contributed by atoms with van der Waals surface area (Å²) in [5.74, 6) is -0.602. The molecule has 0 fully saturated rings. The van der Waals surface area contributed by atoms with Crippen LogP contribution in [-0.2, 0) is 11.3 Å². The third-order valence-electron chi connectivity index (χ3n) is 2.56. The fourth-order valence-corrected chi connectivity index (χ4v) is 1.62. The maximum Gasteiger partial charge on any atom is 0.389 e. The summed E-state index contributed by atoms with van der Waals surface area (Å²) in [5.41, 5.74) is 0.816. The van der Waals surface area contributed by atoms with Crippen LogP contribution in [0.25, 0.3) is 0 Å². The SMILES string of the molecule is O=C(CCC(F)(F)F)N(CCO)Cc1ccccc1. The average Bonchev–Trinajstić information content (AvgIpc) is 2.36. The number of aliphatic hydroxyl groups is 1. The molecule has 0 radical (unpaired) electrons. The van der Waals surface area contributed by atoms with Gasteiger partial charge >= 0.3 is 6.18 Å². The predicted octanol–water partition coefficient (Wildman–Crippen LogP) is 2.35. The minimum atomic E-state index is -4.34. The molecule has 1 N–H and O–H groups in total. The van der Waals surface area contributed by atoms with Crippen molar-refractivity contribution in [1.82, 2.24) is 4.90 Å². The zero-order chi connectivity index (χ0) is 14.3. The van der Waals surface area contributed by atoms with Gasteiger partial charge in [-0.05, 0) is 5.56 Å². The minimum absolute atomic E-state index is 0.0333. The van der Waals surface area contributed by atoms with Crippen LogP contribution < -0.4 is 0 Å². The Balaban J connectivity index is 2.59. The summed E-state index contributed by atoms with van der Waals surface area (Å²) >= 11 is 0. The summed E-state index contributed by atoms with van der Waals surface area (Å²) in [6.07, 6.45) is -6.06. The number of aliphatic hydroxyl groups excluding tert-OH is 1. The number of benzene rings is 1. The second-order valence-corrected chi connectivity index (χ2v) is 4.14. The molecule has 6 heteroatoms. The lowest BCUT2D eigenvalue weighted by atomic mass is 10.2. The van der Waals surface area contributed by atoms with Gasteiger partial charge < -0.3 is 10.0 Å². The van der Waals surface area contributed by atoms with E-state index in [-0.39, 0.29) is 19.7 Å². The number of hydrogen-bond donors (Lipinski definition) is 1. The smallest absolute Gasteiger partial charge is 0.389 e. The largest absolute Gasteiger partial charge is 0.395 e. The lowest BCUT2D eigenvalue weighted by Crippen LogP contribution is -2.33. The molecular formula is C13H16F3NO2. The number of nitrogens with zero attached hydrogens (tertiary/aromatic N) is 1. The maximum absolute atomic E-state index is 12.1. The number of amides is 1. The van der Waals surface area contributed by atoms with Crippen molar-refractivity contribution in [2.75, 3.05) is 13.2 Å². The quantitative estimate of drug-likeness (QED) is 0.865. The summed E-state index contributed by atoms with van der Waals surface area (Å²) in [6, 6.07) is 8.94. The molecule has 1 aromatic rings. The van der Waals surface area contributed by atoms with Crippen molar-refractivity contribution in [3.8, 4) is 0 Å². The zero-order valence-corrected chi connectivity index (χ0v) is 10.4. The molecule has 3 nitrogen and oxygen atoms in total. The number of halogens is 3. The highest BCUT2D eigenvalue weighted by atomic mass is 19.4. The van der Waals surface area contributed by atoms with Crippen molar-refractivity contribution < 1.29 is 23.1 Å². The van der Waals surface area contributed by atoms with Gasteiger partial charge in [-0.2, -0.15) is 13.2 Å². The zero-order valence-electron chi connectivity index (χ0n) is 10.4. The molecular weight excluding hydrogens is 259 g/mol. The Kier molecular flexibility index (Phi) is 5.82. The molecule has 0 saturated carbocycles. The van der Waals surface area contributed by atoms with Crippen LogP contribution in [0.15, 0.2) is 30.3 Å².